The van der Waals surface area contributed by atoms with Crippen LogP contribution in [0.1, 0.15) is 42.9 Å². The normalized spacial score (nSPS) is 12.9. The van der Waals surface area contributed by atoms with Gasteiger partial charge in [-0.3, -0.25) is 0 Å². The van der Waals surface area contributed by atoms with Gasteiger partial charge in [0.15, 0.2) is 0 Å². The zero-order valence-electron chi connectivity index (χ0n) is 12.1. The predicted octanol–water partition coefficient (Wildman–Crippen LogP) is 5.95. The summed E-state index contributed by atoms with van der Waals surface area (Å²) in [5.74, 6) is 0. The molecule has 1 aliphatic rings. The maximum Gasteiger partial charge on any atom is 0.0178 e. The first-order valence-electron chi connectivity index (χ1n) is 7.68. The van der Waals surface area contributed by atoms with Crippen LogP contribution in [0.3, 0.4) is 0 Å². The highest BCUT2D eigenvalue weighted by Crippen LogP contribution is 2.35. The van der Waals surface area contributed by atoms with Crippen LogP contribution in [0.2, 0.25) is 0 Å². The van der Waals surface area contributed by atoms with Crippen LogP contribution >= 0.6 is 15.9 Å². The third-order valence-electron chi connectivity index (χ3n) is 4.26. The molecule has 0 radical (unpaired) electrons. The first-order valence-corrected chi connectivity index (χ1v) is 8.48. The van der Waals surface area contributed by atoms with Crippen LogP contribution < -0.4 is 0 Å². The zero-order chi connectivity index (χ0) is 13.9. The molecule has 0 aromatic heterocycles. The van der Waals surface area contributed by atoms with Gasteiger partial charge in [0.2, 0.25) is 0 Å². The minimum Gasteiger partial charge on any atom is -0.0654 e. The Balaban J connectivity index is 1.89. The van der Waals surface area contributed by atoms with Crippen molar-refractivity contribution >= 4 is 15.9 Å². The molecule has 0 bridgehead atoms. The van der Waals surface area contributed by atoms with E-state index in [0.29, 0.717) is 0 Å². The van der Waals surface area contributed by atoms with E-state index < -0.39 is 0 Å². The third kappa shape index (κ3) is 2.83. The molecular formula is C19H21Br. The number of rotatable bonds is 4. The Morgan fingerprint density at radius 2 is 1.60 bits per heavy atom. The highest BCUT2D eigenvalue weighted by Gasteiger charge is 2.16. The fourth-order valence-corrected chi connectivity index (χ4v) is 3.56. The topological polar surface area (TPSA) is 0 Å². The van der Waals surface area contributed by atoms with Crippen molar-refractivity contribution in [3.63, 3.8) is 0 Å². The lowest BCUT2D eigenvalue weighted by molar-refractivity contribution is 0.716. The maximum atomic E-state index is 3.58. The number of benzene rings is 2. The summed E-state index contributed by atoms with van der Waals surface area (Å²) in [6.45, 7) is 2.27. The van der Waals surface area contributed by atoms with Crippen LogP contribution in [0, 0.1) is 0 Å². The Kier molecular flexibility index (Phi) is 4.26. The molecule has 0 N–H and O–H groups in total. The van der Waals surface area contributed by atoms with Gasteiger partial charge in [0.25, 0.3) is 0 Å². The molecule has 0 atom stereocenters. The summed E-state index contributed by atoms with van der Waals surface area (Å²) < 4.78 is 1.19. The van der Waals surface area contributed by atoms with Crippen LogP contribution in [0.25, 0.3) is 11.1 Å². The predicted molar refractivity (Wildman–Crippen MR) is 90.2 cm³/mol. The molecule has 0 heterocycles. The highest BCUT2D eigenvalue weighted by atomic mass is 79.9. The van der Waals surface area contributed by atoms with Crippen molar-refractivity contribution in [1.29, 1.82) is 0 Å². The molecule has 0 saturated heterocycles. The summed E-state index contributed by atoms with van der Waals surface area (Å²) in [6, 6.07) is 13.8. The maximum absolute atomic E-state index is 3.58. The number of halogens is 1. The summed E-state index contributed by atoms with van der Waals surface area (Å²) in [5.41, 5.74) is 7.39. The Morgan fingerprint density at radius 3 is 2.35 bits per heavy atom. The van der Waals surface area contributed by atoms with Gasteiger partial charge in [-0.1, -0.05) is 60.0 Å². The molecule has 0 fully saturated rings. The average Bonchev–Trinajstić information content (AvgIpc) is 2.47. The SMILES string of the molecule is CCCCCc1ccc2c(c1)CCc1cc(Br)ccc1-2. The third-order valence-corrected chi connectivity index (χ3v) is 4.75. The number of hydrogen-bond donors (Lipinski definition) is 0. The average molecular weight is 329 g/mol. The molecule has 20 heavy (non-hydrogen) atoms. The molecule has 0 aliphatic heterocycles. The first-order chi connectivity index (χ1) is 9.78. The van der Waals surface area contributed by atoms with Crippen molar-refractivity contribution in [1.82, 2.24) is 0 Å². The van der Waals surface area contributed by atoms with Gasteiger partial charge in [-0.05, 0) is 65.6 Å². The van der Waals surface area contributed by atoms with Crippen molar-refractivity contribution in [2.75, 3.05) is 0 Å². The molecule has 104 valence electrons. The lowest BCUT2D eigenvalue weighted by Crippen LogP contribution is -2.04. The smallest absolute Gasteiger partial charge is 0.0178 e. The van der Waals surface area contributed by atoms with E-state index in [4.69, 9.17) is 0 Å². The minimum atomic E-state index is 1.17. The van der Waals surface area contributed by atoms with Gasteiger partial charge in [0.05, 0.1) is 0 Å². The van der Waals surface area contributed by atoms with E-state index in [0.717, 1.165) is 0 Å². The number of hydrogen-bond acceptors (Lipinski definition) is 0. The summed E-state index contributed by atoms with van der Waals surface area (Å²) in [5, 5.41) is 0. The van der Waals surface area contributed by atoms with Gasteiger partial charge in [-0.25, -0.2) is 0 Å². The summed E-state index contributed by atoms with van der Waals surface area (Å²) in [6.07, 6.45) is 7.54. The van der Waals surface area contributed by atoms with E-state index in [1.807, 2.05) is 0 Å². The standard InChI is InChI=1S/C19H21Br/c1-2-3-4-5-14-6-10-18-15(12-14)7-8-16-13-17(20)9-11-19(16)18/h6,9-13H,2-5,7-8H2,1H3. The van der Waals surface area contributed by atoms with E-state index in [1.54, 1.807) is 0 Å². The molecule has 0 amide bonds. The van der Waals surface area contributed by atoms with Gasteiger partial charge < -0.3 is 0 Å². The summed E-state index contributed by atoms with van der Waals surface area (Å²) in [7, 11) is 0. The molecule has 3 rings (SSSR count). The molecule has 0 unspecified atom stereocenters. The number of fused-ring (bicyclic) bond motifs is 3. The molecule has 0 saturated carbocycles. The quantitative estimate of drug-likeness (QED) is 0.608. The van der Waals surface area contributed by atoms with Gasteiger partial charge in [0, 0.05) is 4.47 Å². The van der Waals surface area contributed by atoms with Gasteiger partial charge in [0.1, 0.15) is 0 Å². The van der Waals surface area contributed by atoms with Crippen LogP contribution in [0.5, 0.6) is 0 Å². The van der Waals surface area contributed by atoms with Gasteiger partial charge in [-0.15, -0.1) is 0 Å². The highest BCUT2D eigenvalue weighted by molar-refractivity contribution is 9.10. The van der Waals surface area contributed by atoms with Crippen molar-refractivity contribution in [2.24, 2.45) is 0 Å². The van der Waals surface area contributed by atoms with Gasteiger partial charge in [-0.2, -0.15) is 0 Å². The van der Waals surface area contributed by atoms with Crippen LogP contribution in [-0.4, -0.2) is 0 Å². The van der Waals surface area contributed by atoms with E-state index >= 15 is 0 Å². The van der Waals surface area contributed by atoms with Crippen molar-refractivity contribution in [2.45, 2.75) is 45.4 Å². The van der Waals surface area contributed by atoms with Crippen LogP contribution in [0.4, 0.5) is 0 Å². The fourth-order valence-electron chi connectivity index (χ4n) is 3.15. The van der Waals surface area contributed by atoms with Crippen molar-refractivity contribution in [3.05, 3.63) is 57.6 Å². The molecule has 0 nitrogen and oxygen atoms in total. The summed E-state index contributed by atoms with van der Waals surface area (Å²) in [4.78, 5) is 0. The Bertz CT molecular complexity index is 613. The van der Waals surface area contributed by atoms with Gasteiger partial charge >= 0.3 is 0 Å². The zero-order valence-corrected chi connectivity index (χ0v) is 13.7. The van der Waals surface area contributed by atoms with E-state index in [2.05, 4.69) is 59.3 Å². The number of unbranched alkanes of at least 4 members (excludes halogenated alkanes) is 2. The summed E-state index contributed by atoms with van der Waals surface area (Å²) >= 11 is 3.58. The second-order valence-electron chi connectivity index (χ2n) is 5.75. The Labute approximate surface area is 130 Å². The van der Waals surface area contributed by atoms with Crippen molar-refractivity contribution < 1.29 is 0 Å². The molecule has 1 heteroatoms. The largest absolute Gasteiger partial charge is 0.0654 e. The van der Waals surface area contributed by atoms with Crippen molar-refractivity contribution in [3.8, 4) is 11.1 Å². The van der Waals surface area contributed by atoms with E-state index in [-0.39, 0.29) is 0 Å². The lowest BCUT2D eigenvalue weighted by atomic mass is 9.84. The Hall–Kier alpha value is -1.08. The van der Waals surface area contributed by atoms with Crippen LogP contribution in [-0.2, 0) is 19.3 Å². The molecule has 2 aromatic carbocycles. The number of aryl methyl sites for hydroxylation is 3. The Morgan fingerprint density at radius 1 is 0.900 bits per heavy atom. The lowest BCUT2D eigenvalue weighted by Gasteiger charge is -2.21. The van der Waals surface area contributed by atoms with Crippen LogP contribution in [0.15, 0.2) is 40.9 Å². The minimum absolute atomic E-state index is 1.17. The molecular weight excluding hydrogens is 308 g/mol. The van der Waals surface area contributed by atoms with E-state index in [1.165, 1.54) is 70.8 Å². The molecule has 2 aromatic rings. The second kappa shape index (κ2) is 6.13. The fraction of sp³-hybridized carbons (Fsp3) is 0.368. The first kappa shape index (κ1) is 13.9. The monoisotopic (exact) mass is 328 g/mol. The molecule has 1 aliphatic carbocycles. The van der Waals surface area contributed by atoms with E-state index in [9.17, 15) is 0 Å². The molecule has 0 spiro atoms. The second-order valence-corrected chi connectivity index (χ2v) is 6.67.